The van der Waals surface area contributed by atoms with E-state index in [0.717, 1.165) is 36.8 Å². The first-order valence-corrected chi connectivity index (χ1v) is 11.5. The first kappa shape index (κ1) is 22.8. The van der Waals surface area contributed by atoms with Crippen LogP contribution in [0.4, 0.5) is 0 Å². The third kappa shape index (κ3) is 8.69. The molecular weight excluding hydrogens is 392 g/mol. The molecule has 0 radical (unpaired) electrons. The topological polar surface area (TPSA) is 77.8 Å². The van der Waals surface area contributed by atoms with Crippen LogP contribution in [0.3, 0.4) is 0 Å². The minimum absolute atomic E-state index is 0.204. The van der Waals surface area contributed by atoms with Crippen molar-refractivity contribution in [2.45, 2.75) is 48.2 Å². The van der Waals surface area contributed by atoms with Gasteiger partial charge < -0.3 is 15.3 Å². The molecule has 0 aromatic heterocycles. The average Bonchev–Trinajstić information content (AvgIpc) is 2.70. The molecule has 4 nitrogen and oxygen atoms in total. The minimum Gasteiger partial charge on any atom is -0.481 e. The van der Waals surface area contributed by atoms with E-state index in [9.17, 15) is 15.0 Å². The molecular formula is C22H28O4S2. The van der Waals surface area contributed by atoms with Crippen molar-refractivity contribution in [3.8, 4) is 0 Å². The van der Waals surface area contributed by atoms with Crippen molar-refractivity contribution in [2.75, 3.05) is 5.75 Å². The first-order valence-electron chi connectivity index (χ1n) is 9.49. The minimum atomic E-state index is -1.89. The lowest BCUT2D eigenvalue weighted by molar-refractivity contribution is -0.137. The van der Waals surface area contributed by atoms with Crippen molar-refractivity contribution in [3.05, 3.63) is 71.8 Å². The van der Waals surface area contributed by atoms with Gasteiger partial charge in [-0.1, -0.05) is 78.8 Å². The number of aliphatic hydroxyl groups is 2. The normalized spacial score (nSPS) is 12.6. The number of hydrogen-bond acceptors (Lipinski definition) is 5. The molecule has 3 N–H and O–H groups in total. The largest absolute Gasteiger partial charge is 0.481 e. The molecule has 0 saturated heterocycles. The Labute approximate surface area is 175 Å². The Morgan fingerprint density at radius 3 is 2.21 bits per heavy atom. The van der Waals surface area contributed by atoms with Crippen LogP contribution in [0.1, 0.15) is 43.2 Å². The van der Waals surface area contributed by atoms with E-state index in [1.165, 1.54) is 5.56 Å². The van der Waals surface area contributed by atoms with Gasteiger partial charge in [-0.25, -0.2) is 0 Å². The van der Waals surface area contributed by atoms with Crippen LogP contribution >= 0.6 is 23.5 Å². The molecule has 0 spiro atoms. The molecule has 0 heterocycles. The summed E-state index contributed by atoms with van der Waals surface area (Å²) in [7, 11) is 0. The maximum Gasteiger partial charge on any atom is 0.303 e. The van der Waals surface area contributed by atoms with E-state index in [4.69, 9.17) is 5.11 Å². The van der Waals surface area contributed by atoms with Crippen molar-refractivity contribution in [1.82, 2.24) is 0 Å². The van der Waals surface area contributed by atoms with Crippen LogP contribution in [-0.4, -0.2) is 32.3 Å². The molecule has 1 unspecified atom stereocenters. The number of carboxylic acid groups (broad SMARTS) is 1. The Bertz CT molecular complexity index is 692. The predicted molar refractivity (Wildman–Crippen MR) is 117 cm³/mol. The molecule has 2 aromatic rings. The summed E-state index contributed by atoms with van der Waals surface area (Å²) >= 11 is 2.99. The number of rotatable bonds is 13. The zero-order valence-electron chi connectivity index (χ0n) is 15.9. The van der Waals surface area contributed by atoms with Gasteiger partial charge in [0.15, 0.2) is 0 Å². The van der Waals surface area contributed by atoms with Crippen LogP contribution in [0.25, 0.3) is 0 Å². The van der Waals surface area contributed by atoms with Crippen LogP contribution in [-0.2, 0) is 15.7 Å². The van der Waals surface area contributed by atoms with E-state index >= 15 is 0 Å². The van der Waals surface area contributed by atoms with E-state index < -0.39 is 11.1 Å². The molecule has 2 aromatic carbocycles. The van der Waals surface area contributed by atoms with Crippen molar-refractivity contribution >= 4 is 29.5 Å². The highest BCUT2D eigenvalue weighted by Gasteiger charge is 2.26. The van der Waals surface area contributed by atoms with Crippen molar-refractivity contribution in [2.24, 2.45) is 0 Å². The van der Waals surface area contributed by atoms with E-state index in [0.29, 0.717) is 23.0 Å². The number of carbonyl (C=O) groups is 1. The summed E-state index contributed by atoms with van der Waals surface area (Å²) in [5, 5.41) is 27.9. The second kappa shape index (κ2) is 12.2. The SMILES string of the molecule is O=C(O)CCCCC(CCSC(O)(O)c1ccccc1)SCc1ccccc1. The number of carboxylic acids is 1. The highest BCUT2D eigenvalue weighted by molar-refractivity contribution is 8.00. The summed E-state index contributed by atoms with van der Waals surface area (Å²) in [4.78, 5) is 10.7. The lowest BCUT2D eigenvalue weighted by Crippen LogP contribution is -2.21. The Morgan fingerprint density at radius 2 is 1.57 bits per heavy atom. The maximum atomic E-state index is 10.7. The Balaban J connectivity index is 1.84. The van der Waals surface area contributed by atoms with Crippen molar-refractivity contribution in [1.29, 1.82) is 0 Å². The molecule has 152 valence electrons. The van der Waals surface area contributed by atoms with E-state index in [1.807, 2.05) is 36.0 Å². The zero-order chi connectivity index (χ0) is 20.2. The summed E-state index contributed by atoms with van der Waals surface area (Å²) < 4.78 is 0. The van der Waals surface area contributed by atoms with Gasteiger partial charge in [0.05, 0.1) is 0 Å². The lowest BCUT2D eigenvalue weighted by Gasteiger charge is -2.23. The quantitative estimate of drug-likeness (QED) is 0.318. The third-order valence-electron chi connectivity index (χ3n) is 4.39. The molecule has 6 heteroatoms. The predicted octanol–water partition coefficient (Wildman–Crippen LogP) is 4.85. The molecule has 0 bridgehead atoms. The van der Waals surface area contributed by atoms with E-state index in [-0.39, 0.29) is 6.42 Å². The van der Waals surface area contributed by atoms with E-state index in [2.05, 4.69) is 12.1 Å². The molecule has 0 aliphatic carbocycles. The molecule has 0 fully saturated rings. The maximum absolute atomic E-state index is 10.7. The van der Waals surface area contributed by atoms with Crippen LogP contribution in [0, 0.1) is 0 Å². The van der Waals surface area contributed by atoms with Crippen LogP contribution < -0.4 is 0 Å². The fraction of sp³-hybridized carbons (Fsp3) is 0.409. The third-order valence-corrected chi connectivity index (χ3v) is 6.91. The van der Waals surface area contributed by atoms with Crippen molar-refractivity contribution in [3.63, 3.8) is 0 Å². The molecule has 0 aliphatic heterocycles. The van der Waals surface area contributed by atoms with Gasteiger partial charge in [0.1, 0.15) is 0 Å². The highest BCUT2D eigenvalue weighted by Crippen LogP contribution is 2.33. The van der Waals surface area contributed by atoms with Gasteiger partial charge in [-0.05, 0) is 30.6 Å². The highest BCUT2D eigenvalue weighted by atomic mass is 32.2. The van der Waals surface area contributed by atoms with Gasteiger partial charge in [0, 0.05) is 23.0 Å². The van der Waals surface area contributed by atoms with Gasteiger partial charge in [-0.2, -0.15) is 11.8 Å². The van der Waals surface area contributed by atoms with Gasteiger partial charge in [-0.3, -0.25) is 4.79 Å². The van der Waals surface area contributed by atoms with Crippen LogP contribution in [0.2, 0.25) is 0 Å². The monoisotopic (exact) mass is 420 g/mol. The Kier molecular flexibility index (Phi) is 9.92. The summed E-state index contributed by atoms with van der Waals surface area (Å²) in [6.45, 7) is 0. The molecule has 2 rings (SSSR count). The standard InChI is InChI=1S/C22H28O4S2/c23-21(24)14-8-7-13-20(27-17-18-9-3-1-4-10-18)15-16-28-22(25,26)19-11-5-2-6-12-19/h1-6,9-12,20,25-26H,7-8,13-17H2,(H,23,24). The number of hydrogen-bond donors (Lipinski definition) is 3. The van der Waals surface area contributed by atoms with Crippen LogP contribution in [0.15, 0.2) is 60.7 Å². The lowest BCUT2D eigenvalue weighted by atomic mass is 10.1. The molecule has 0 aliphatic rings. The molecule has 0 saturated carbocycles. The van der Waals surface area contributed by atoms with Gasteiger partial charge in [-0.15, -0.1) is 0 Å². The average molecular weight is 421 g/mol. The number of aliphatic carboxylic acids is 1. The number of thioether (sulfide) groups is 2. The van der Waals surface area contributed by atoms with Gasteiger partial charge in [0.2, 0.25) is 5.12 Å². The van der Waals surface area contributed by atoms with Crippen molar-refractivity contribution < 1.29 is 20.1 Å². The van der Waals surface area contributed by atoms with Crippen LogP contribution in [0.5, 0.6) is 0 Å². The Hall–Kier alpha value is -1.47. The molecule has 0 amide bonds. The van der Waals surface area contributed by atoms with Gasteiger partial charge in [0.25, 0.3) is 0 Å². The number of benzene rings is 2. The molecule has 1 atom stereocenters. The van der Waals surface area contributed by atoms with E-state index in [1.54, 1.807) is 24.3 Å². The fourth-order valence-electron chi connectivity index (χ4n) is 2.82. The first-order chi connectivity index (χ1) is 13.5. The zero-order valence-corrected chi connectivity index (χ0v) is 17.5. The molecule has 28 heavy (non-hydrogen) atoms. The fourth-order valence-corrected chi connectivity index (χ4v) is 5.20. The second-order valence-electron chi connectivity index (χ2n) is 6.67. The second-order valence-corrected chi connectivity index (χ2v) is 9.22. The Morgan fingerprint density at radius 1 is 0.929 bits per heavy atom. The summed E-state index contributed by atoms with van der Waals surface area (Å²) in [5.74, 6) is 0.766. The summed E-state index contributed by atoms with van der Waals surface area (Å²) in [6, 6.07) is 19.1. The number of unbranched alkanes of at least 4 members (excludes halogenated alkanes) is 1. The van der Waals surface area contributed by atoms with Gasteiger partial charge >= 0.3 is 5.97 Å². The summed E-state index contributed by atoms with van der Waals surface area (Å²) in [6.07, 6.45) is 3.52. The summed E-state index contributed by atoms with van der Waals surface area (Å²) in [5.41, 5.74) is 1.74. The smallest absolute Gasteiger partial charge is 0.303 e.